The van der Waals surface area contributed by atoms with Gasteiger partial charge in [-0.2, -0.15) is 0 Å². The molecule has 122 valence electrons. The van der Waals surface area contributed by atoms with Crippen LogP contribution in [0.5, 0.6) is 11.5 Å². The predicted octanol–water partition coefficient (Wildman–Crippen LogP) is -0.941. The summed E-state index contributed by atoms with van der Waals surface area (Å²) in [6.07, 6.45) is -2.34. The van der Waals surface area contributed by atoms with Gasteiger partial charge in [-0.15, -0.1) is 0 Å². The van der Waals surface area contributed by atoms with Gasteiger partial charge in [-0.05, 0) is 6.07 Å². The molecule has 0 aliphatic carbocycles. The lowest BCUT2D eigenvalue weighted by atomic mass is 10.1. The van der Waals surface area contributed by atoms with Crippen molar-refractivity contribution in [3.8, 4) is 11.5 Å². The Bertz CT molecular complexity index is 887. The lowest BCUT2D eigenvalue weighted by Crippen LogP contribution is -2.33. The minimum Gasteiger partial charge on any atom is -0.454 e. The van der Waals surface area contributed by atoms with Gasteiger partial charge in [-0.25, -0.2) is 4.79 Å². The van der Waals surface area contributed by atoms with Gasteiger partial charge in [0.1, 0.15) is 12.3 Å². The van der Waals surface area contributed by atoms with Crippen LogP contribution in [0.3, 0.4) is 0 Å². The van der Waals surface area contributed by atoms with Crippen molar-refractivity contribution in [2.24, 2.45) is 0 Å². The number of fused-ring (bicyclic) bond motifs is 2. The second-order valence-electron chi connectivity index (χ2n) is 5.47. The highest BCUT2D eigenvalue weighted by molar-refractivity contribution is 5.82. The van der Waals surface area contributed by atoms with Crippen LogP contribution in [0, 0.1) is 0 Å². The van der Waals surface area contributed by atoms with Crippen LogP contribution in [-0.2, 0) is 4.74 Å². The zero-order valence-electron chi connectivity index (χ0n) is 11.9. The largest absolute Gasteiger partial charge is 0.454 e. The van der Waals surface area contributed by atoms with Crippen molar-refractivity contribution in [2.75, 3.05) is 13.4 Å². The number of hydrogen-bond donors (Lipinski definition) is 3. The first-order valence-corrected chi connectivity index (χ1v) is 7.11. The molecule has 9 nitrogen and oxygen atoms in total. The van der Waals surface area contributed by atoms with Gasteiger partial charge in [-0.1, -0.05) is 0 Å². The summed E-state index contributed by atoms with van der Waals surface area (Å²) in [7, 11) is 0. The van der Waals surface area contributed by atoms with Gasteiger partial charge in [0.15, 0.2) is 11.5 Å². The molecule has 23 heavy (non-hydrogen) atoms. The summed E-state index contributed by atoms with van der Waals surface area (Å²) in [5.41, 5.74) is -0.882. The molecule has 0 saturated carbocycles. The quantitative estimate of drug-likeness (QED) is 0.652. The fraction of sp³-hybridized carbons (Fsp3) is 0.429. The summed E-state index contributed by atoms with van der Waals surface area (Å²) in [5, 5.41) is 19.3. The average Bonchev–Trinajstić information content (AvgIpc) is 3.11. The van der Waals surface area contributed by atoms with E-state index in [2.05, 4.69) is 4.98 Å². The fourth-order valence-electron chi connectivity index (χ4n) is 2.97. The number of ether oxygens (including phenoxy) is 3. The van der Waals surface area contributed by atoms with Gasteiger partial charge in [0.25, 0.3) is 5.56 Å². The Morgan fingerprint density at radius 3 is 2.70 bits per heavy atom. The Labute approximate surface area is 128 Å². The molecule has 0 bridgehead atoms. The van der Waals surface area contributed by atoms with Crippen LogP contribution in [0.25, 0.3) is 10.9 Å². The second-order valence-corrected chi connectivity index (χ2v) is 5.47. The highest BCUT2D eigenvalue weighted by Crippen LogP contribution is 2.36. The minimum absolute atomic E-state index is 0.0407. The number of rotatable bonds is 2. The maximum Gasteiger partial charge on any atom is 0.330 e. The van der Waals surface area contributed by atoms with E-state index < -0.39 is 29.7 Å². The van der Waals surface area contributed by atoms with E-state index in [1.54, 1.807) is 0 Å². The molecule has 4 rings (SSSR count). The lowest BCUT2D eigenvalue weighted by molar-refractivity contribution is -0.0443. The van der Waals surface area contributed by atoms with Crippen LogP contribution < -0.4 is 20.7 Å². The first kappa shape index (κ1) is 14.2. The van der Waals surface area contributed by atoms with E-state index >= 15 is 0 Å². The van der Waals surface area contributed by atoms with Gasteiger partial charge in [0.2, 0.25) is 6.79 Å². The minimum atomic E-state index is -0.895. The summed E-state index contributed by atoms with van der Waals surface area (Å²) >= 11 is 0. The zero-order valence-corrected chi connectivity index (χ0v) is 11.9. The lowest BCUT2D eigenvalue weighted by Gasteiger charge is -2.17. The molecule has 2 aromatic rings. The summed E-state index contributed by atoms with van der Waals surface area (Å²) < 4.78 is 17.3. The number of aliphatic hydroxyl groups excluding tert-OH is 2. The third kappa shape index (κ3) is 2.12. The standard InChI is InChI=1S/C14H14N2O7/c17-4-11-8(18)3-12(23-11)16-7-2-10-9(21-5-22-10)1-6(7)13(19)15-14(16)20/h1-2,8,11-12,17-18H,3-5H2,(H,15,19,20)/t8-,11+,12+/m0/s1. The Balaban J connectivity index is 1.93. The molecular formula is C14H14N2O7. The van der Waals surface area contributed by atoms with Crippen LogP contribution in [0.1, 0.15) is 12.6 Å². The van der Waals surface area contributed by atoms with Gasteiger partial charge in [-0.3, -0.25) is 14.3 Å². The molecule has 0 radical (unpaired) electrons. The van der Waals surface area contributed by atoms with Crippen molar-refractivity contribution in [1.82, 2.24) is 9.55 Å². The predicted molar refractivity (Wildman–Crippen MR) is 76.6 cm³/mol. The monoisotopic (exact) mass is 322 g/mol. The van der Waals surface area contributed by atoms with E-state index in [0.29, 0.717) is 17.0 Å². The molecule has 0 amide bonds. The highest BCUT2D eigenvalue weighted by atomic mass is 16.7. The molecule has 3 heterocycles. The van der Waals surface area contributed by atoms with Gasteiger partial charge in [0.05, 0.1) is 23.6 Å². The summed E-state index contributed by atoms with van der Waals surface area (Å²) in [6, 6.07) is 3.04. The second kappa shape index (κ2) is 5.08. The molecule has 1 saturated heterocycles. The number of aromatic amines is 1. The third-order valence-electron chi connectivity index (χ3n) is 4.11. The van der Waals surface area contributed by atoms with E-state index in [4.69, 9.17) is 14.2 Å². The maximum absolute atomic E-state index is 12.3. The molecule has 9 heteroatoms. The Morgan fingerprint density at radius 1 is 1.26 bits per heavy atom. The van der Waals surface area contributed by atoms with Crippen molar-refractivity contribution in [3.05, 3.63) is 33.0 Å². The highest BCUT2D eigenvalue weighted by Gasteiger charge is 2.36. The molecule has 0 spiro atoms. The Hall–Kier alpha value is -2.36. The fourth-order valence-corrected chi connectivity index (χ4v) is 2.97. The first-order valence-electron chi connectivity index (χ1n) is 7.11. The smallest absolute Gasteiger partial charge is 0.330 e. The molecule has 1 aromatic heterocycles. The topological polar surface area (TPSA) is 123 Å². The van der Waals surface area contributed by atoms with E-state index in [1.807, 2.05) is 0 Å². The molecule has 1 aromatic carbocycles. The number of aliphatic hydroxyl groups is 2. The Morgan fingerprint density at radius 2 is 2.00 bits per heavy atom. The van der Waals surface area contributed by atoms with Crippen LogP contribution in [0.15, 0.2) is 21.7 Å². The molecule has 2 aliphatic rings. The van der Waals surface area contributed by atoms with Gasteiger partial charge in [0, 0.05) is 12.5 Å². The molecule has 2 aliphatic heterocycles. The average molecular weight is 322 g/mol. The molecular weight excluding hydrogens is 308 g/mol. The number of nitrogens with one attached hydrogen (secondary N) is 1. The van der Waals surface area contributed by atoms with E-state index in [-0.39, 0.29) is 25.2 Å². The molecule has 1 fully saturated rings. The SMILES string of the molecule is O=c1[nH]c(=O)n([C@H]2C[C@H](O)[C@@H](CO)O2)c2cc3c(cc12)OCO3. The van der Waals surface area contributed by atoms with Crippen molar-refractivity contribution in [2.45, 2.75) is 24.9 Å². The normalized spacial score (nSPS) is 26.1. The van der Waals surface area contributed by atoms with Crippen molar-refractivity contribution in [1.29, 1.82) is 0 Å². The third-order valence-corrected chi connectivity index (χ3v) is 4.11. The molecule has 3 atom stereocenters. The number of nitrogens with zero attached hydrogens (tertiary/aromatic N) is 1. The summed E-state index contributed by atoms with van der Waals surface area (Å²) in [6.45, 7) is -0.320. The number of hydrogen-bond acceptors (Lipinski definition) is 7. The number of benzene rings is 1. The van der Waals surface area contributed by atoms with Crippen LogP contribution in [0.4, 0.5) is 0 Å². The van der Waals surface area contributed by atoms with Crippen molar-refractivity contribution >= 4 is 10.9 Å². The van der Waals surface area contributed by atoms with Crippen LogP contribution >= 0.6 is 0 Å². The first-order chi connectivity index (χ1) is 11.1. The zero-order chi connectivity index (χ0) is 16.1. The van der Waals surface area contributed by atoms with Crippen molar-refractivity contribution in [3.63, 3.8) is 0 Å². The van der Waals surface area contributed by atoms with Crippen LogP contribution in [0.2, 0.25) is 0 Å². The van der Waals surface area contributed by atoms with E-state index in [0.717, 1.165) is 0 Å². The van der Waals surface area contributed by atoms with E-state index in [1.165, 1.54) is 16.7 Å². The number of aromatic nitrogens is 2. The maximum atomic E-state index is 12.3. The van der Waals surface area contributed by atoms with Gasteiger partial charge >= 0.3 is 5.69 Å². The number of H-pyrrole nitrogens is 1. The van der Waals surface area contributed by atoms with E-state index in [9.17, 15) is 19.8 Å². The summed E-state index contributed by atoms with van der Waals surface area (Å²) in [5.74, 6) is 0.849. The van der Waals surface area contributed by atoms with Crippen LogP contribution in [-0.4, -0.2) is 45.4 Å². The summed E-state index contributed by atoms with van der Waals surface area (Å²) in [4.78, 5) is 26.5. The van der Waals surface area contributed by atoms with Gasteiger partial charge < -0.3 is 24.4 Å². The molecule has 0 unspecified atom stereocenters. The Kier molecular flexibility index (Phi) is 3.15. The molecule has 3 N–H and O–H groups in total. The van der Waals surface area contributed by atoms with Crippen molar-refractivity contribution < 1.29 is 24.4 Å².